The molecule has 0 aliphatic heterocycles. The first kappa shape index (κ1) is 17.8. The monoisotopic (exact) mass is 385 g/mol. The van der Waals surface area contributed by atoms with Gasteiger partial charge in [-0.1, -0.05) is 46.3 Å². The van der Waals surface area contributed by atoms with Crippen LogP contribution >= 0.6 is 15.9 Å². The van der Waals surface area contributed by atoms with Crippen LogP contribution in [-0.2, 0) is 16.1 Å². The molecule has 0 atom stereocenters. The Labute approximate surface area is 149 Å². The summed E-state index contributed by atoms with van der Waals surface area (Å²) in [6, 6.07) is 16.9. The number of ether oxygens (including phenoxy) is 2. The van der Waals surface area contributed by atoms with Gasteiger partial charge in [0, 0.05) is 10.0 Å². The normalized spacial score (nSPS) is 10.8. The molecule has 0 saturated carbocycles. The van der Waals surface area contributed by atoms with Crippen LogP contribution in [0, 0.1) is 11.3 Å². The number of para-hydroxylation sites is 1. The van der Waals surface area contributed by atoms with E-state index in [0.29, 0.717) is 17.9 Å². The molecule has 2 aromatic rings. The first-order valence-corrected chi connectivity index (χ1v) is 8.18. The minimum atomic E-state index is -0.636. The van der Waals surface area contributed by atoms with Crippen LogP contribution in [0.25, 0.3) is 6.08 Å². The van der Waals surface area contributed by atoms with E-state index in [-0.39, 0.29) is 12.2 Å². The maximum Gasteiger partial charge on any atom is 0.348 e. The lowest BCUT2D eigenvalue weighted by Gasteiger charge is -2.10. The molecule has 0 aliphatic carbocycles. The summed E-state index contributed by atoms with van der Waals surface area (Å²) in [6.45, 7) is 2.31. The summed E-state index contributed by atoms with van der Waals surface area (Å²) in [4.78, 5) is 11.7. The van der Waals surface area contributed by atoms with Gasteiger partial charge in [0.2, 0.25) is 0 Å². The highest BCUT2D eigenvalue weighted by atomic mass is 79.9. The van der Waals surface area contributed by atoms with Gasteiger partial charge in [0.25, 0.3) is 0 Å². The Morgan fingerprint density at radius 2 is 1.92 bits per heavy atom. The highest BCUT2D eigenvalue weighted by Gasteiger charge is 2.11. The highest BCUT2D eigenvalue weighted by Crippen LogP contribution is 2.23. The molecule has 2 aromatic carbocycles. The van der Waals surface area contributed by atoms with Crippen LogP contribution < -0.4 is 4.74 Å². The van der Waals surface area contributed by atoms with Crippen LogP contribution in [0.15, 0.2) is 58.6 Å². The Kier molecular flexibility index (Phi) is 6.59. The van der Waals surface area contributed by atoms with E-state index in [9.17, 15) is 4.79 Å². The fourth-order valence-corrected chi connectivity index (χ4v) is 2.24. The fourth-order valence-electron chi connectivity index (χ4n) is 1.97. The van der Waals surface area contributed by atoms with E-state index in [1.807, 2.05) is 42.5 Å². The van der Waals surface area contributed by atoms with E-state index < -0.39 is 5.97 Å². The van der Waals surface area contributed by atoms with Gasteiger partial charge >= 0.3 is 5.97 Å². The van der Waals surface area contributed by atoms with Gasteiger partial charge in [-0.15, -0.1) is 0 Å². The molecule has 0 radical (unpaired) electrons. The third-order valence-electron chi connectivity index (χ3n) is 3.14. The number of rotatable bonds is 6. The minimum absolute atomic E-state index is 0.0588. The second-order valence-corrected chi connectivity index (χ2v) is 5.76. The zero-order valence-corrected chi connectivity index (χ0v) is 14.7. The summed E-state index contributed by atoms with van der Waals surface area (Å²) in [7, 11) is 0. The first-order valence-electron chi connectivity index (χ1n) is 7.39. The second-order valence-electron chi connectivity index (χ2n) is 4.84. The first-order chi connectivity index (χ1) is 11.6. The number of carbonyl (C=O) groups excluding carboxylic acids is 1. The fraction of sp³-hybridized carbons (Fsp3) is 0.158. The molecule has 2 rings (SSSR count). The van der Waals surface area contributed by atoms with Crippen molar-refractivity contribution in [3.8, 4) is 11.8 Å². The summed E-state index contributed by atoms with van der Waals surface area (Å²) in [5, 5.41) is 9.14. The molecular formula is C19H16BrNO3. The van der Waals surface area contributed by atoms with Crippen molar-refractivity contribution < 1.29 is 14.3 Å². The van der Waals surface area contributed by atoms with Crippen LogP contribution in [0.2, 0.25) is 0 Å². The minimum Gasteiger partial charge on any atom is -0.488 e. The van der Waals surface area contributed by atoms with Gasteiger partial charge < -0.3 is 9.47 Å². The molecule has 0 fully saturated rings. The van der Waals surface area contributed by atoms with Crippen LogP contribution in [-0.4, -0.2) is 12.6 Å². The number of esters is 1. The van der Waals surface area contributed by atoms with Crippen LogP contribution in [0.3, 0.4) is 0 Å². The Morgan fingerprint density at radius 3 is 2.58 bits per heavy atom. The largest absolute Gasteiger partial charge is 0.488 e. The van der Waals surface area contributed by atoms with E-state index >= 15 is 0 Å². The van der Waals surface area contributed by atoms with Crippen molar-refractivity contribution >= 4 is 28.0 Å². The molecule has 4 nitrogen and oxygen atoms in total. The van der Waals surface area contributed by atoms with Gasteiger partial charge in [-0.25, -0.2) is 4.79 Å². The third-order valence-corrected chi connectivity index (χ3v) is 3.67. The quantitative estimate of drug-likeness (QED) is 0.417. The summed E-state index contributed by atoms with van der Waals surface area (Å²) in [5.41, 5.74) is 1.61. The van der Waals surface area contributed by atoms with Crippen molar-refractivity contribution in [3.05, 3.63) is 69.7 Å². The Balaban J connectivity index is 2.19. The Morgan fingerprint density at radius 1 is 1.21 bits per heavy atom. The SMILES string of the molecule is CCOC(=O)/C(C#N)=C/c1ccccc1OCc1ccc(Br)cc1. The van der Waals surface area contributed by atoms with Crippen LogP contribution in [0.1, 0.15) is 18.1 Å². The topological polar surface area (TPSA) is 59.3 Å². The average Bonchev–Trinajstić information content (AvgIpc) is 2.60. The summed E-state index contributed by atoms with van der Waals surface area (Å²) in [5.74, 6) is -0.0415. The van der Waals surface area contributed by atoms with Gasteiger partial charge in [0.05, 0.1) is 6.61 Å². The maximum absolute atomic E-state index is 11.7. The van der Waals surface area contributed by atoms with Gasteiger partial charge in [-0.05, 0) is 36.8 Å². The molecule has 0 amide bonds. The summed E-state index contributed by atoms with van der Waals surface area (Å²) < 4.78 is 11.7. The predicted molar refractivity (Wildman–Crippen MR) is 95.1 cm³/mol. The van der Waals surface area contributed by atoms with E-state index in [1.54, 1.807) is 19.1 Å². The molecule has 0 unspecified atom stereocenters. The van der Waals surface area contributed by atoms with E-state index in [1.165, 1.54) is 6.08 Å². The number of nitriles is 1. The van der Waals surface area contributed by atoms with Crippen LogP contribution in [0.4, 0.5) is 0 Å². The molecule has 0 saturated heterocycles. The second kappa shape index (κ2) is 8.90. The molecule has 24 heavy (non-hydrogen) atoms. The number of benzene rings is 2. The van der Waals surface area contributed by atoms with E-state index in [2.05, 4.69) is 15.9 Å². The van der Waals surface area contributed by atoms with E-state index in [0.717, 1.165) is 10.0 Å². The smallest absolute Gasteiger partial charge is 0.348 e. The lowest BCUT2D eigenvalue weighted by molar-refractivity contribution is -0.137. The zero-order chi connectivity index (χ0) is 17.4. The number of hydrogen-bond acceptors (Lipinski definition) is 4. The molecule has 0 N–H and O–H groups in total. The van der Waals surface area contributed by atoms with Gasteiger partial charge in [-0.3, -0.25) is 0 Å². The van der Waals surface area contributed by atoms with Gasteiger partial charge in [-0.2, -0.15) is 5.26 Å². The van der Waals surface area contributed by atoms with Crippen molar-refractivity contribution in [2.75, 3.05) is 6.61 Å². The average molecular weight is 386 g/mol. The number of carbonyl (C=O) groups is 1. The Hall–Kier alpha value is -2.58. The summed E-state index contributed by atoms with van der Waals surface area (Å²) >= 11 is 3.39. The van der Waals surface area contributed by atoms with Crippen molar-refractivity contribution in [2.24, 2.45) is 0 Å². The van der Waals surface area contributed by atoms with Crippen molar-refractivity contribution in [2.45, 2.75) is 13.5 Å². The van der Waals surface area contributed by atoms with Gasteiger partial charge in [0.15, 0.2) is 0 Å². The zero-order valence-electron chi connectivity index (χ0n) is 13.2. The predicted octanol–water partition coefficient (Wildman–Crippen LogP) is 4.50. The number of hydrogen-bond donors (Lipinski definition) is 0. The summed E-state index contributed by atoms with van der Waals surface area (Å²) in [6.07, 6.45) is 1.48. The molecular weight excluding hydrogens is 370 g/mol. The lowest BCUT2D eigenvalue weighted by Crippen LogP contribution is -2.06. The molecule has 0 heterocycles. The van der Waals surface area contributed by atoms with Crippen molar-refractivity contribution in [1.29, 1.82) is 5.26 Å². The third kappa shape index (κ3) is 4.97. The molecule has 122 valence electrons. The molecule has 0 spiro atoms. The highest BCUT2D eigenvalue weighted by molar-refractivity contribution is 9.10. The number of halogens is 1. The standard InChI is InChI=1S/C19H16BrNO3/c1-2-23-19(22)16(12-21)11-15-5-3-4-6-18(15)24-13-14-7-9-17(20)10-8-14/h3-11H,2,13H2,1H3/b16-11+. The van der Waals surface area contributed by atoms with Crippen molar-refractivity contribution in [3.63, 3.8) is 0 Å². The Bertz CT molecular complexity index is 776. The van der Waals surface area contributed by atoms with Crippen LogP contribution in [0.5, 0.6) is 5.75 Å². The maximum atomic E-state index is 11.7. The molecule has 0 bridgehead atoms. The number of nitrogens with zero attached hydrogens (tertiary/aromatic N) is 1. The molecule has 0 aromatic heterocycles. The lowest BCUT2D eigenvalue weighted by atomic mass is 10.1. The molecule has 0 aliphatic rings. The van der Waals surface area contributed by atoms with Gasteiger partial charge in [0.1, 0.15) is 24.0 Å². The van der Waals surface area contributed by atoms with Crippen molar-refractivity contribution in [1.82, 2.24) is 0 Å². The van der Waals surface area contributed by atoms with E-state index in [4.69, 9.17) is 14.7 Å². The molecule has 5 heteroatoms.